The molecular formula is C11H22O3. The van der Waals surface area contributed by atoms with Gasteiger partial charge in [-0.05, 0) is 13.3 Å². The topological polar surface area (TPSA) is 27.7 Å². The number of rotatable bonds is 5. The van der Waals surface area contributed by atoms with Crippen LogP contribution in [0.5, 0.6) is 0 Å². The first kappa shape index (κ1) is 12.0. The zero-order valence-corrected chi connectivity index (χ0v) is 9.71. The standard InChI is InChI=1S/C11H22O3/c1-5-6-11(8-12-3)10(13-4)7-9(2)14-11/h9-10H,5-8H2,1-4H3/t9-,10?,11+/m0/s1. The van der Waals surface area contributed by atoms with Crippen LogP contribution in [0.2, 0.25) is 0 Å². The minimum absolute atomic E-state index is 0.178. The molecule has 0 amide bonds. The van der Waals surface area contributed by atoms with Crippen LogP contribution in [0.4, 0.5) is 0 Å². The zero-order chi connectivity index (χ0) is 10.6. The molecule has 0 N–H and O–H groups in total. The van der Waals surface area contributed by atoms with Crippen LogP contribution in [-0.2, 0) is 14.2 Å². The highest BCUT2D eigenvalue weighted by molar-refractivity contribution is 4.96. The number of hydrogen-bond acceptors (Lipinski definition) is 3. The van der Waals surface area contributed by atoms with E-state index in [1.807, 2.05) is 0 Å². The van der Waals surface area contributed by atoms with Crippen molar-refractivity contribution in [3.8, 4) is 0 Å². The summed E-state index contributed by atoms with van der Waals surface area (Å²) in [6.07, 6.45) is 3.53. The predicted molar refractivity (Wildman–Crippen MR) is 55.5 cm³/mol. The summed E-state index contributed by atoms with van der Waals surface area (Å²) in [5, 5.41) is 0. The second-order valence-corrected chi connectivity index (χ2v) is 4.14. The van der Waals surface area contributed by atoms with Crippen LogP contribution in [0.1, 0.15) is 33.1 Å². The Labute approximate surface area is 86.7 Å². The SMILES string of the molecule is CCC[C@]1(COC)O[C@@H](C)CC1OC. The third-order valence-electron chi connectivity index (χ3n) is 2.92. The summed E-state index contributed by atoms with van der Waals surface area (Å²) in [5.74, 6) is 0. The molecule has 1 unspecified atom stereocenters. The molecule has 1 saturated heterocycles. The van der Waals surface area contributed by atoms with Crippen LogP contribution in [0.25, 0.3) is 0 Å². The molecule has 1 aliphatic heterocycles. The molecule has 0 aromatic carbocycles. The van der Waals surface area contributed by atoms with Crippen molar-refractivity contribution >= 4 is 0 Å². The highest BCUT2D eigenvalue weighted by Gasteiger charge is 2.47. The molecule has 3 atom stereocenters. The van der Waals surface area contributed by atoms with E-state index in [0.717, 1.165) is 19.3 Å². The average molecular weight is 202 g/mol. The first-order chi connectivity index (χ1) is 6.68. The molecule has 1 rings (SSSR count). The van der Waals surface area contributed by atoms with Gasteiger partial charge in [0.05, 0.1) is 18.8 Å². The van der Waals surface area contributed by atoms with Gasteiger partial charge in [0.25, 0.3) is 0 Å². The summed E-state index contributed by atoms with van der Waals surface area (Å²) in [5.41, 5.74) is -0.211. The lowest BCUT2D eigenvalue weighted by atomic mass is 9.92. The molecule has 0 aromatic heterocycles. The maximum Gasteiger partial charge on any atom is 0.118 e. The molecule has 0 aliphatic carbocycles. The van der Waals surface area contributed by atoms with Gasteiger partial charge >= 0.3 is 0 Å². The minimum atomic E-state index is -0.211. The highest BCUT2D eigenvalue weighted by atomic mass is 16.6. The molecule has 0 radical (unpaired) electrons. The van der Waals surface area contributed by atoms with E-state index in [1.165, 1.54) is 0 Å². The smallest absolute Gasteiger partial charge is 0.118 e. The van der Waals surface area contributed by atoms with Crippen LogP contribution in [0.15, 0.2) is 0 Å². The van der Waals surface area contributed by atoms with Crippen molar-refractivity contribution in [3.63, 3.8) is 0 Å². The Bertz CT molecular complexity index is 164. The van der Waals surface area contributed by atoms with Crippen molar-refractivity contribution in [1.82, 2.24) is 0 Å². The molecule has 0 aromatic rings. The van der Waals surface area contributed by atoms with Gasteiger partial charge in [-0.25, -0.2) is 0 Å². The lowest BCUT2D eigenvalue weighted by Crippen LogP contribution is -2.44. The third-order valence-corrected chi connectivity index (χ3v) is 2.92. The summed E-state index contributed by atoms with van der Waals surface area (Å²) in [4.78, 5) is 0. The van der Waals surface area contributed by atoms with Gasteiger partial charge in [0.15, 0.2) is 0 Å². The second-order valence-electron chi connectivity index (χ2n) is 4.14. The molecule has 1 fully saturated rings. The number of ether oxygens (including phenoxy) is 3. The molecule has 3 nitrogen and oxygen atoms in total. The van der Waals surface area contributed by atoms with Crippen LogP contribution >= 0.6 is 0 Å². The van der Waals surface area contributed by atoms with Crippen molar-refractivity contribution in [1.29, 1.82) is 0 Å². The van der Waals surface area contributed by atoms with Crippen LogP contribution < -0.4 is 0 Å². The van der Waals surface area contributed by atoms with Crippen molar-refractivity contribution < 1.29 is 14.2 Å². The average Bonchev–Trinajstić information content (AvgIpc) is 2.43. The van der Waals surface area contributed by atoms with Gasteiger partial charge in [-0.15, -0.1) is 0 Å². The van der Waals surface area contributed by atoms with E-state index < -0.39 is 0 Å². The molecular weight excluding hydrogens is 180 g/mol. The van der Waals surface area contributed by atoms with Gasteiger partial charge in [-0.3, -0.25) is 0 Å². The molecule has 1 heterocycles. The molecule has 3 heteroatoms. The maximum atomic E-state index is 5.98. The highest BCUT2D eigenvalue weighted by Crippen LogP contribution is 2.36. The van der Waals surface area contributed by atoms with E-state index in [0.29, 0.717) is 6.61 Å². The summed E-state index contributed by atoms with van der Waals surface area (Å²) in [6, 6.07) is 0. The fourth-order valence-corrected chi connectivity index (χ4v) is 2.44. The Balaban J connectivity index is 2.72. The zero-order valence-electron chi connectivity index (χ0n) is 9.71. The van der Waals surface area contributed by atoms with Crippen molar-refractivity contribution in [2.24, 2.45) is 0 Å². The van der Waals surface area contributed by atoms with E-state index in [-0.39, 0.29) is 17.8 Å². The Morgan fingerprint density at radius 2 is 2.14 bits per heavy atom. The molecule has 0 spiro atoms. The Morgan fingerprint density at radius 3 is 2.64 bits per heavy atom. The van der Waals surface area contributed by atoms with E-state index in [2.05, 4.69) is 13.8 Å². The van der Waals surface area contributed by atoms with Crippen molar-refractivity contribution in [2.45, 2.75) is 50.9 Å². The van der Waals surface area contributed by atoms with E-state index in [9.17, 15) is 0 Å². The molecule has 0 saturated carbocycles. The van der Waals surface area contributed by atoms with Crippen LogP contribution in [0, 0.1) is 0 Å². The van der Waals surface area contributed by atoms with Gasteiger partial charge in [-0.1, -0.05) is 13.3 Å². The summed E-state index contributed by atoms with van der Waals surface area (Å²) in [7, 11) is 3.47. The number of hydrogen-bond donors (Lipinski definition) is 0. The molecule has 14 heavy (non-hydrogen) atoms. The van der Waals surface area contributed by atoms with Gasteiger partial charge in [0, 0.05) is 20.6 Å². The van der Waals surface area contributed by atoms with Gasteiger partial charge < -0.3 is 14.2 Å². The summed E-state index contributed by atoms with van der Waals surface area (Å²) < 4.78 is 16.7. The van der Waals surface area contributed by atoms with E-state index in [4.69, 9.17) is 14.2 Å². The van der Waals surface area contributed by atoms with Gasteiger partial charge in [-0.2, -0.15) is 0 Å². The first-order valence-corrected chi connectivity index (χ1v) is 5.38. The molecule has 0 bridgehead atoms. The largest absolute Gasteiger partial charge is 0.382 e. The molecule has 84 valence electrons. The lowest BCUT2D eigenvalue weighted by Gasteiger charge is -2.32. The fraction of sp³-hybridized carbons (Fsp3) is 1.00. The first-order valence-electron chi connectivity index (χ1n) is 5.38. The van der Waals surface area contributed by atoms with Crippen LogP contribution in [0.3, 0.4) is 0 Å². The Kier molecular flexibility index (Phi) is 4.35. The monoisotopic (exact) mass is 202 g/mol. The van der Waals surface area contributed by atoms with Gasteiger partial charge in [0.1, 0.15) is 5.60 Å². The maximum absolute atomic E-state index is 5.98. The Morgan fingerprint density at radius 1 is 1.43 bits per heavy atom. The van der Waals surface area contributed by atoms with Crippen LogP contribution in [-0.4, -0.2) is 38.6 Å². The second kappa shape index (κ2) is 5.10. The molecule has 1 aliphatic rings. The van der Waals surface area contributed by atoms with Crippen molar-refractivity contribution in [2.75, 3.05) is 20.8 Å². The van der Waals surface area contributed by atoms with E-state index in [1.54, 1.807) is 14.2 Å². The number of methoxy groups -OCH3 is 2. The quantitative estimate of drug-likeness (QED) is 0.682. The van der Waals surface area contributed by atoms with Crippen molar-refractivity contribution in [3.05, 3.63) is 0 Å². The summed E-state index contributed by atoms with van der Waals surface area (Å²) in [6.45, 7) is 4.89. The normalized spacial score (nSPS) is 37.7. The lowest BCUT2D eigenvalue weighted by molar-refractivity contribution is -0.128. The predicted octanol–water partition coefficient (Wildman–Crippen LogP) is 2.00. The summed E-state index contributed by atoms with van der Waals surface area (Å²) >= 11 is 0. The van der Waals surface area contributed by atoms with Gasteiger partial charge in [0.2, 0.25) is 0 Å². The van der Waals surface area contributed by atoms with E-state index >= 15 is 0 Å². The third kappa shape index (κ3) is 2.27. The minimum Gasteiger partial charge on any atom is -0.382 e. The fourth-order valence-electron chi connectivity index (χ4n) is 2.44. The Hall–Kier alpha value is -0.120.